The number of hydrogen-bond acceptors (Lipinski definition) is 7. The van der Waals surface area contributed by atoms with Crippen LogP contribution < -0.4 is 15.1 Å². The second-order valence-corrected chi connectivity index (χ2v) is 14.2. The van der Waals surface area contributed by atoms with E-state index in [9.17, 15) is 23.9 Å². The van der Waals surface area contributed by atoms with Crippen LogP contribution in [0, 0.1) is 29.5 Å². The van der Waals surface area contributed by atoms with Crippen molar-refractivity contribution < 1.29 is 33.4 Å². The molecular formula is C39H30Cl2FN3O6. The number of carbonyl (C=O) groups is 4. The molecule has 258 valence electrons. The molecule has 2 saturated heterocycles. The third-order valence-corrected chi connectivity index (χ3v) is 11.4. The highest BCUT2D eigenvalue weighted by atomic mass is 35.5. The van der Waals surface area contributed by atoms with E-state index < -0.39 is 58.5 Å². The predicted octanol–water partition coefficient (Wildman–Crippen LogP) is 7.04. The van der Waals surface area contributed by atoms with Gasteiger partial charge in [0.15, 0.2) is 11.5 Å². The first-order valence-corrected chi connectivity index (χ1v) is 17.2. The van der Waals surface area contributed by atoms with Crippen molar-refractivity contribution in [1.82, 2.24) is 5.01 Å². The van der Waals surface area contributed by atoms with E-state index in [-0.39, 0.29) is 30.2 Å². The summed E-state index contributed by atoms with van der Waals surface area (Å²) in [5.74, 6) is -6.30. The maximum absolute atomic E-state index is 15.2. The van der Waals surface area contributed by atoms with Crippen LogP contribution in [0.25, 0.3) is 0 Å². The molecule has 2 aliphatic carbocycles. The van der Waals surface area contributed by atoms with Crippen LogP contribution in [0.15, 0.2) is 103 Å². The number of hydrazine groups is 1. The molecule has 2 heterocycles. The van der Waals surface area contributed by atoms with Gasteiger partial charge in [0.05, 0.1) is 41.7 Å². The van der Waals surface area contributed by atoms with Crippen LogP contribution in [0.5, 0.6) is 11.5 Å². The lowest BCUT2D eigenvalue weighted by Gasteiger charge is -2.50. The number of allylic oxidation sites excluding steroid dienone is 2. The van der Waals surface area contributed by atoms with Gasteiger partial charge in [0, 0.05) is 16.0 Å². The van der Waals surface area contributed by atoms with E-state index in [0.717, 1.165) is 10.6 Å². The van der Waals surface area contributed by atoms with Crippen molar-refractivity contribution >= 4 is 58.2 Å². The van der Waals surface area contributed by atoms with Crippen molar-refractivity contribution in [1.29, 1.82) is 0 Å². The van der Waals surface area contributed by atoms with E-state index in [1.807, 2.05) is 6.08 Å². The number of imide groups is 2. The summed E-state index contributed by atoms with van der Waals surface area (Å²) < 4.78 is 19.2. The summed E-state index contributed by atoms with van der Waals surface area (Å²) in [6.45, 7) is 0. The third-order valence-electron chi connectivity index (χ3n) is 10.9. The Morgan fingerprint density at radius 1 is 0.843 bits per heavy atom. The number of benzene rings is 4. The van der Waals surface area contributed by atoms with Gasteiger partial charge in [-0.1, -0.05) is 53.1 Å². The second kappa shape index (κ2) is 12.2. The van der Waals surface area contributed by atoms with Gasteiger partial charge in [0.1, 0.15) is 5.82 Å². The van der Waals surface area contributed by atoms with Crippen LogP contribution in [0.3, 0.4) is 0 Å². The summed E-state index contributed by atoms with van der Waals surface area (Å²) >= 11 is 12.5. The zero-order valence-electron chi connectivity index (χ0n) is 27.1. The van der Waals surface area contributed by atoms with Gasteiger partial charge in [0.25, 0.3) is 11.8 Å². The van der Waals surface area contributed by atoms with Gasteiger partial charge in [-0.15, -0.1) is 0 Å². The normalized spacial score (nSPS) is 26.8. The Kier molecular flexibility index (Phi) is 7.92. The number of rotatable bonds is 6. The van der Waals surface area contributed by atoms with Crippen molar-refractivity contribution in [2.75, 3.05) is 17.4 Å². The van der Waals surface area contributed by atoms with E-state index in [1.54, 1.807) is 60.7 Å². The van der Waals surface area contributed by atoms with Crippen LogP contribution >= 0.6 is 23.2 Å². The molecule has 4 aromatic carbocycles. The number of phenols is 1. The molecule has 6 unspecified atom stereocenters. The SMILES string of the molecule is COc1ccc(C2C3=CCC4C(=O)N(c5ccc(Cl)cc5)C(=O)C4C3CC3C(=O)N(Nc4ccc(F)cc4)C(=O)C32c2ccc(Cl)cc2)cc1O. The van der Waals surface area contributed by atoms with E-state index in [0.29, 0.717) is 32.5 Å². The van der Waals surface area contributed by atoms with Crippen molar-refractivity contribution in [3.63, 3.8) is 0 Å². The number of nitrogens with zero attached hydrogens (tertiary/aromatic N) is 2. The number of anilines is 2. The van der Waals surface area contributed by atoms with Gasteiger partial charge in [0.2, 0.25) is 11.8 Å². The molecule has 0 radical (unpaired) electrons. The van der Waals surface area contributed by atoms with Crippen molar-refractivity contribution in [2.24, 2.45) is 23.7 Å². The van der Waals surface area contributed by atoms with Crippen molar-refractivity contribution in [3.05, 3.63) is 130 Å². The predicted molar refractivity (Wildman–Crippen MR) is 188 cm³/mol. The number of nitrogens with one attached hydrogen (secondary N) is 1. The number of methoxy groups -OCH3 is 1. The number of amides is 4. The van der Waals surface area contributed by atoms with Gasteiger partial charge < -0.3 is 9.84 Å². The number of halogens is 3. The molecule has 0 aromatic heterocycles. The summed E-state index contributed by atoms with van der Waals surface area (Å²) in [6.07, 6.45) is 2.23. The summed E-state index contributed by atoms with van der Waals surface area (Å²) in [5.41, 5.74) is 3.80. The molecule has 2 N–H and O–H groups in total. The van der Waals surface area contributed by atoms with Crippen LogP contribution in [-0.2, 0) is 24.6 Å². The number of carbonyl (C=O) groups excluding carboxylic acids is 4. The fourth-order valence-electron chi connectivity index (χ4n) is 8.76. The van der Waals surface area contributed by atoms with Crippen LogP contribution in [0.2, 0.25) is 10.0 Å². The molecule has 9 nitrogen and oxygen atoms in total. The molecule has 3 fully saturated rings. The minimum Gasteiger partial charge on any atom is -0.504 e. The molecule has 0 bridgehead atoms. The highest BCUT2D eigenvalue weighted by Crippen LogP contribution is 2.64. The quantitative estimate of drug-likeness (QED) is 0.162. The second-order valence-electron chi connectivity index (χ2n) is 13.3. The largest absolute Gasteiger partial charge is 0.504 e. The first-order valence-electron chi connectivity index (χ1n) is 16.4. The maximum atomic E-state index is 15.2. The van der Waals surface area contributed by atoms with Gasteiger partial charge in [-0.2, -0.15) is 5.01 Å². The Labute approximate surface area is 302 Å². The van der Waals surface area contributed by atoms with E-state index in [2.05, 4.69) is 5.43 Å². The van der Waals surface area contributed by atoms with E-state index in [4.69, 9.17) is 27.9 Å². The van der Waals surface area contributed by atoms with Crippen molar-refractivity contribution in [3.8, 4) is 11.5 Å². The standard InChI is InChI=1S/C39H30Cl2FN3O6/c1-51-32-17-2-20(18-31(32)46)34-27-15-16-28-33(37(49)44(35(28)47)26-13-7-23(41)8-14-26)29(27)19-30-36(48)45(43-25-11-9-24(42)10-12-25)38(50)39(30,34)21-3-5-22(40)6-4-21/h2-15,17-18,28-30,33-34,43,46H,16,19H2,1H3. The third kappa shape index (κ3) is 4.95. The lowest BCUT2D eigenvalue weighted by molar-refractivity contribution is -0.138. The molecule has 1 saturated carbocycles. The summed E-state index contributed by atoms with van der Waals surface area (Å²) in [7, 11) is 1.42. The topological polar surface area (TPSA) is 116 Å². The Balaban J connectivity index is 1.33. The molecule has 2 aliphatic heterocycles. The molecule has 4 aliphatic rings. The minimum absolute atomic E-state index is 0.0773. The molecule has 51 heavy (non-hydrogen) atoms. The lowest BCUT2D eigenvalue weighted by atomic mass is 9.49. The maximum Gasteiger partial charge on any atom is 0.260 e. The molecule has 4 amide bonds. The lowest BCUT2D eigenvalue weighted by Crippen LogP contribution is -2.53. The zero-order valence-corrected chi connectivity index (χ0v) is 28.6. The molecule has 12 heteroatoms. The molecule has 4 aromatic rings. The van der Waals surface area contributed by atoms with Crippen molar-refractivity contribution in [2.45, 2.75) is 24.2 Å². The number of ether oxygens (including phenoxy) is 1. The zero-order chi connectivity index (χ0) is 35.8. The first-order chi connectivity index (χ1) is 24.5. The first kappa shape index (κ1) is 33.0. The monoisotopic (exact) mass is 725 g/mol. The Morgan fingerprint density at radius 3 is 2.16 bits per heavy atom. The van der Waals surface area contributed by atoms with E-state index in [1.165, 1.54) is 42.3 Å². The summed E-state index contributed by atoms with van der Waals surface area (Å²) in [5, 5.41) is 12.9. The van der Waals surface area contributed by atoms with Gasteiger partial charge in [-0.05, 0) is 103 Å². The van der Waals surface area contributed by atoms with Crippen LogP contribution in [0.4, 0.5) is 15.8 Å². The fraction of sp³-hybridized carbons (Fsp3) is 0.231. The summed E-state index contributed by atoms with van der Waals surface area (Å²) in [6, 6.07) is 23.3. The number of fused-ring (bicyclic) bond motifs is 4. The van der Waals surface area contributed by atoms with Gasteiger partial charge in [-0.3, -0.25) is 29.5 Å². The Hall–Kier alpha value is -5.19. The smallest absolute Gasteiger partial charge is 0.260 e. The Bertz CT molecular complexity index is 2140. The number of aromatic hydroxyl groups is 1. The minimum atomic E-state index is -1.58. The molecule has 0 spiro atoms. The molecule has 6 atom stereocenters. The average Bonchev–Trinajstić information content (AvgIpc) is 3.50. The van der Waals surface area contributed by atoms with Crippen LogP contribution in [0.1, 0.15) is 29.9 Å². The molecule has 8 rings (SSSR count). The van der Waals surface area contributed by atoms with Gasteiger partial charge >= 0.3 is 0 Å². The highest BCUT2D eigenvalue weighted by molar-refractivity contribution is 6.31. The Morgan fingerprint density at radius 2 is 1.51 bits per heavy atom. The number of phenolic OH excluding ortho intramolecular Hbond substituents is 1. The molecular weight excluding hydrogens is 696 g/mol. The number of hydrogen-bond donors (Lipinski definition) is 2. The average molecular weight is 727 g/mol. The van der Waals surface area contributed by atoms with E-state index >= 15 is 4.79 Å². The van der Waals surface area contributed by atoms with Crippen LogP contribution in [-0.4, -0.2) is 40.9 Å². The highest BCUT2D eigenvalue weighted by Gasteiger charge is 2.70. The fourth-order valence-corrected chi connectivity index (χ4v) is 9.01. The summed E-state index contributed by atoms with van der Waals surface area (Å²) in [4.78, 5) is 59.4. The van der Waals surface area contributed by atoms with Gasteiger partial charge in [-0.25, -0.2) is 4.39 Å².